The Labute approximate surface area is 128 Å². The van der Waals surface area contributed by atoms with Crippen LogP contribution < -0.4 is 5.73 Å². The summed E-state index contributed by atoms with van der Waals surface area (Å²) >= 11 is 15.4. The monoisotopic (exact) mass is 326 g/mol. The maximum Gasteiger partial charge on any atom is 0.156 e. The van der Waals surface area contributed by atoms with E-state index in [0.29, 0.717) is 10.7 Å². The normalized spacial score (nSPS) is 11.1. The first kappa shape index (κ1) is 13.1. The molecular formula is C13H8Cl2N2S2. The Bertz CT molecular complexity index is 755. The number of nitrogen functional groups attached to an aromatic ring is 1. The van der Waals surface area contributed by atoms with Gasteiger partial charge in [-0.2, -0.15) is 0 Å². The third kappa shape index (κ3) is 2.67. The highest BCUT2D eigenvalue weighted by Gasteiger charge is 2.10. The van der Waals surface area contributed by atoms with E-state index >= 15 is 0 Å². The van der Waals surface area contributed by atoms with Crippen LogP contribution in [0.2, 0.25) is 10.0 Å². The van der Waals surface area contributed by atoms with Crippen LogP contribution in [0.3, 0.4) is 0 Å². The molecule has 2 N–H and O–H groups in total. The summed E-state index contributed by atoms with van der Waals surface area (Å²) in [6.07, 6.45) is 0. The number of benzene rings is 2. The van der Waals surface area contributed by atoms with E-state index in [1.54, 1.807) is 17.4 Å². The van der Waals surface area contributed by atoms with E-state index in [1.165, 1.54) is 11.8 Å². The fourth-order valence-electron chi connectivity index (χ4n) is 1.63. The number of halogens is 2. The van der Waals surface area contributed by atoms with Gasteiger partial charge in [-0.1, -0.05) is 41.0 Å². The van der Waals surface area contributed by atoms with E-state index in [0.717, 1.165) is 24.5 Å². The Morgan fingerprint density at radius 3 is 2.68 bits per heavy atom. The lowest BCUT2D eigenvalue weighted by molar-refractivity contribution is 1.29. The molecule has 0 aliphatic carbocycles. The standard InChI is InChI=1S/C13H8Cl2N2S2/c14-8-2-1-3-10-12(8)19-13(17-10)18-11-5-4-7(16)6-9(11)15/h1-6H,16H2. The minimum atomic E-state index is 0.635. The highest BCUT2D eigenvalue weighted by molar-refractivity contribution is 8.01. The van der Waals surface area contributed by atoms with Gasteiger partial charge < -0.3 is 5.73 Å². The molecule has 0 saturated heterocycles. The van der Waals surface area contributed by atoms with Crippen molar-refractivity contribution in [1.29, 1.82) is 0 Å². The summed E-state index contributed by atoms with van der Waals surface area (Å²) in [5, 5.41) is 1.36. The van der Waals surface area contributed by atoms with E-state index in [-0.39, 0.29) is 0 Å². The van der Waals surface area contributed by atoms with Gasteiger partial charge in [-0.15, -0.1) is 11.3 Å². The maximum absolute atomic E-state index is 6.16. The Morgan fingerprint density at radius 2 is 1.95 bits per heavy atom. The molecule has 0 bridgehead atoms. The molecule has 96 valence electrons. The van der Waals surface area contributed by atoms with Crippen molar-refractivity contribution in [1.82, 2.24) is 4.98 Å². The molecule has 0 aliphatic rings. The fraction of sp³-hybridized carbons (Fsp3) is 0. The van der Waals surface area contributed by atoms with Crippen LogP contribution in [0.4, 0.5) is 5.69 Å². The number of nitrogens with zero attached hydrogens (tertiary/aromatic N) is 1. The number of aromatic nitrogens is 1. The summed E-state index contributed by atoms with van der Waals surface area (Å²) in [5.74, 6) is 0. The van der Waals surface area contributed by atoms with E-state index in [2.05, 4.69) is 4.98 Å². The second-order valence-electron chi connectivity index (χ2n) is 3.86. The van der Waals surface area contributed by atoms with Crippen LogP contribution in [0.1, 0.15) is 0 Å². The van der Waals surface area contributed by atoms with Gasteiger partial charge in [0.05, 0.1) is 20.3 Å². The number of nitrogens with two attached hydrogens (primary N) is 1. The third-order valence-electron chi connectivity index (χ3n) is 2.50. The van der Waals surface area contributed by atoms with Crippen molar-refractivity contribution in [3.8, 4) is 0 Å². The van der Waals surface area contributed by atoms with E-state index in [1.807, 2.05) is 30.3 Å². The van der Waals surface area contributed by atoms with Gasteiger partial charge in [0.15, 0.2) is 4.34 Å². The lowest BCUT2D eigenvalue weighted by atomic mass is 10.3. The molecule has 1 heterocycles. The van der Waals surface area contributed by atoms with E-state index in [4.69, 9.17) is 28.9 Å². The van der Waals surface area contributed by atoms with Gasteiger partial charge in [0.25, 0.3) is 0 Å². The lowest BCUT2D eigenvalue weighted by Gasteiger charge is -2.01. The van der Waals surface area contributed by atoms with Crippen molar-refractivity contribution in [3.05, 3.63) is 46.4 Å². The number of hydrogen-bond acceptors (Lipinski definition) is 4. The van der Waals surface area contributed by atoms with Crippen LogP contribution in [0.15, 0.2) is 45.6 Å². The molecule has 2 nitrogen and oxygen atoms in total. The quantitative estimate of drug-likeness (QED) is 0.646. The molecule has 0 fully saturated rings. The molecule has 0 unspecified atom stereocenters. The highest BCUT2D eigenvalue weighted by Crippen LogP contribution is 2.39. The summed E-state index contributed by atoms with van der Waals surface area (Å²) in [4.78, 5) is 5.48. The average Bonchev–Trinajstić information content (AvgIpc) is 2.77. The minimum absolute atomic E-state index is 0.635. The predicted octanol–water partition coefficient (Wildman–Crippen LogP) is 5.34. The first-order chi connectivity index (χ1) is 9.13. The molecule has 0 saturated carbocycles. The number of fused-ring (bicyclic) bond motifs is 1. The summed E-state index contributed by atoms with van der Waals surface area (Å²) in [6, 6.07) is 11.2. The van der Waals surface area contributed by atoms with Gasteiger partial charge in [-0.3, -0.25) is 0 Å². The molecule has 2 aromatic carbocycles. The van der Waals surface area contributed by atoms with Gasteiger partial charge in [-0.05, 0) is 30.3 Å². The molecule has 6 heteroatoms. The Morgan fingerprint density at radius 1 is 1.11 bits per heavy atom. The molecule has 0 amide bonds. The zero-order chi connectivity index (χ0) is 13.4. The largest absolute Gasteiger partial charge is 0.399 e. The van der Waals surface area contributed by atoms with Crippen molar-refractivity contribution in [2.45, 2.75) is 9.24 Å². The van der Waals surface area contributed by atoms with Gasteiger partial charge in [0.2, 0.25) is 0 Å². The van der Waals surface area contributed by atoms with Gasteiger partial charge >= 0.3 is 0 Å². The Balaban J connectivity index is 1.99. The molecule has 0 aliphatic heterocycles. The smallest absolute Gasteiger partial charge is 0.156 e. The topological polar surface area (TPSA) is 38.9 Å². The highest BCUT2D eigenvalue weighted by atomic mass is 35.5. The predicted molar refractivity (Wildman–Crippen MR) is 84.6 cm³/mol. The zero-order valence-electron chi connectivity index (χ0n) is 9.56. The van der Waals surface area contributed by atoms with Crippen LogP contribution >= 0.6 is 46.3 Å². The lowest BCUT2D eigenvalue weighted by Crippen LogP contribution is -1.84. The number of hydrogen-bond donors (Lipinski definition) is 1. The molecule has 1 aromatic heterocycles. The minimum Gasteiger partial charge on any atom is -0.399 e. The van der Waals surface area contributed by atoms with Crippen molar-refractivity contribution in [2.24, 2.45) is 0 Å². The summed E-state index contributed by atoms with van der Waals surface area (Å²) < 4.78 is 1.91. The summed E-state index contributed by atoms with van der Waals surface area (Å²) in [6.45, 7) is 0. The number of anilines is 1. The molecular weight excluding hydrogens is 319 g/mol. The third-order valence-corrected chi connectivity index (χ3v) is 5.59. The maximum atomic E-state index is 6.16. The van der Waals surface area contributed by atoms with Crippen LogP contribution in [-0.4, -0.2) is 4.98 Å². The average molecular weight is 327 g/mol. The molecule has 0 spiro atoms. The molecule has 3 rings (SSSR count). The van der Waals surface area contributed by atoms with Crippen LogP contribution in [0.5, 0.6) is 0 Å². The summed E-state index contributed by atoms with van der Waals surface area (Å²) in [5.41, 5.74) is 7.24. The summed E-state index contributed by atoms with van der Waals surface area (Å²) in [7, 11) is 0. The molecule has 0 atom stereocenters. The molecule has 3 aromatic rings. The fourth-order valence-corrected chi connectivity index (χ4v) is 4.24. The SMILES string of the molecule is Nc1ccc(Sc2nc3cccc(Cl)c3s2)c(Cl)c1. The zero-order valence-corrected chi connectivity index (χ0v) is 12.7. The van der Waals surface area contributed by atoms with Crippen molar-refractivity contribution in [2.75, 3.05) is 5.73 Å². The van der Waals surface area contributed by atoms with Crippen molar-refractivity contribution >= 4 is 62.2 Å². The van der Waals surface area contributed by atoms with Gasteiger partial charge in [0, 0.05) is 10.6 Å². The first-order valence-electron chi connectivity index (χ1n) is 5.41. The van der Waals surface area contributed by atoms with E-state index < -0.39 is 0 Å². The molecule has 19 heavy (non-hydrogen) atoms. The van der Waals surface area contributed by atoms with Crippen LogP contribution in [-0.2, 0) is 0 Å². The number of thiazole rings is 1. The number of rotatable bonds is 2. The van der Waals surface area contributed by atoms with Crippen molar-refractivity contribution in [3.63, 3.8) is 0 Å². The van der Waals surface area contributed by atoms with E-state index in [9.17, 15) is 0 Å². The van der Waals surface area contributed by atoms with Crippen molar-refractivity contribution < 1.29 is 0 Å². The Kier molecular flexibility index (Phi) is 3.58. The van der Waals surface area contributed by atoms with Gasteiger partial charge in [-0.25, -0.2) is 4.98 Å². The second-order valence-corrected chi connectivity index (χ2v) is 6.96. The molecule has 0 radical (unpaired) electrons. The van der Waals surface area contributed by atoms with Gasteiger partial charge in [0.1, 0.15) is 0 Å². The van der Waals surface area contributed by atoms with Crippen LogP contribution in [0.25, 0.3) is 10.2 Å². The van der Waals surface area contributed by atoms with Crippen LogP contribution in [0, 0.1) is 0 Å². The Hall–Kier alpha value is -0.940. The first-order valence-corrected chi connectivity index (χ1v) is 7.80. The second kappa shape index (κ2) is 5.21.